The van der Waals surface area contributed by atoms with Crippen LogP contribution in [0.1, 0.15) is 47.0 Å². The van der Waals surface area contributed by atoms with E-state index in [1.54, 1.807) is 27.7 Å². The molecule has 0 saturated carbocycles. The van der Waals surface area contributed by atoms with Gasteiger partial charge in [0.2, 0.25) is 0 Å². The molecule has 0 aromatic heterocycles. The van der Waals surface area contributed by atoms with Crippen molar-refractivity contribution in [3.05, 3.63) is 0 Å². The van der Waals surface area contributed by atoms with E-state index in [-0.39, 0.29) is 44.4 Å². The maximum Gasteiger partial charge on any atom is 0.317 e. The van der Waals surface area contributed by atoms with E-state index in [2.05, 4.69) is 18.9 Å². The lowest BCUT2D eigenvalue weighted by Crippen LogP contribution is -2.13. The maximum absolute atomic E-state index is 10.7. The Kier molecular flexibility index (Phi) is 16.4. The van der Waals surface area contributed by atoms with Gasteiger partial charge in [-0.05, 0) is 27.7 Å². The Hall–Kier alpha value is -2.12. The number of carbonyl (C=O) groups is 4. The number of hydrogen-bond donors (Lipinski definition) is 0. The van der Waals surface area contributed by atoms with Crippen molar-refractivity contribution in [2.75, 3.05) is 26.4 Å². The largest absolute Gasteiger partial charge is 0.466 e. The highest BCUT2D eigenvalue weighted by Gasteiger charge is 2.09. The molecule has 0 bridgehead atoms. The molecule has 0 aromatic rings. The first-order valence-electron chi connectivity index (χ1n) is 7.53. The van der Waals surface area contributed by atoms with Gasteiger partial charge in [0.25, 0.3) is 0 Å². The number of esters is 4. The van der Waals surface area contributed by atoms with Crippen LogP contribution >= 0.6 is 0 Å². The van der Waals surface area contributed by atoms with Gasteiger partial charge >= 0.3 is 23.9 Å². The van der Waals surface area contributed by atoms with Crippen molar-refractivity contribution in [1.29, 1.82) is 0 Å². The second-order valence-electron chi connectivity index (χ2n) is 3.90. The standard InChI is InChI=1S/C8H14O4.C7H12O4/c1-3-11-7(9)5-6-8(10)12-4-2;1-3-10-6(8)5-7(9)11-4-2/h3-6H2,1-2H3;3-5H2,1-2H3. The highest BCUT2D eigenvalue weighted by molar-refractivity contribution is 5.91. The zero-order valence-corrected chi connectivity index (χ0v) is 14.2. The molecule has 23 heavy (non-hydrogen) atoms. The summed E-state index contributed by atoms with van der Waals surface area (Å²) in [4.78, 5) is 42.7. The third-order valence-electron chi connectivity index (χ3n) is 2.04. The number of rotatable bonds is 9. The molecule has 0 aliphatic heterocycles. The van der Waals surface area contributed by atoms with E-state index in [9.17, 15) is 19.2 Å². The number of ether oxygens (including phenoxy) is 4. The van der Waals surface area contributed by atoms with Crippen LogP contribution in [0.25, 0.3) is 0 Å². The Labute approximate surface area is 136 Å². The molecule has 0 radical (unpaired) electrons. The van der Waals surface area contributed by atoms with E-state index in [4.69, 9.17) is 0 Å². The second kappa shape index (κ2) is 16.3. The molecule has 0 unspecified atom stereocenters. The molecule has 0 fully saturated rings. The molecule has 8 heteroatoms. The summed E-state index contributed by atoms with van der Waals surface area (Å²) in [5.41, 5.74) is 0. The third-order valence-corrected chi connectivity index (χ3v) is 2.04. The monoisotopic (exact) mass is 334 g/mol. The van der Waals surface area contributed by atoms with Crippen molar-refractivity contribution in [3.63, 3.8) is 0 Å². The number of carbonyl (C=O) groups excluding carboxylic acids is 4. The summed E-state index contributed by atoms with van der Waals surface area (Å²) in [5, 5.41) is 0. The van der Waals surface area contributed by atoms with Gasteiger partial charge in [-0.15, -0.1) is 0 Å². The molecule has 8 nitrogen and oxygen atoms in total. The summed E-state index contributed by atoms with van der Waals surface area (Å²) in [6.45, 7) is 8.09. The Morgan fingerprint density at radius 2 is 0.783 bits per heavy atom. The molecule has 0 aliphatic carbocycles. The van der Waals surface area contributed by atoms with Gasteiger partial charge in [0.1, 0.15) is 6.42 Å². The summed E-state index contributed by atoms with van der Waals surface area (Å²) >= 11 is 0. The van der Waals surface area contributed by atoms with Crippen LogP contribution in [0, 0.1) is 0 Å². The van der Waals surface area contributed by atoms with Gasteiger partial charge in [-0.2, -0.15) is 0 Å². The molecule has 0 aromatic carbocycles. The van der Waals surface area contributed by atoms with E-state index in [1.165, 1.54) is 0 Å². The van der Waals surface area contributed by atoms with Gasteiger partial charge < -0.3 is 18.9 Å². The maximum atomic E-state index is 10.7. The third kappa shape index (κ3) is 17.8. The van der Waals surface area contributed by atoms with Gasteiger partial charge in [-0.1, -0.05) is 0 Å². The highest BCUT2D eigenvalue weighted by Crippen LogP contribution is 1.95. The van der Waals surface area contributed by atoms with Crippen LogP contribution in [0.2, 0.25) is 0 Å². The van der Waals surface area contributed by atoms with Crippen LogP contribution in [0.3, 0.4) is 0 Å². The summed E-state index contributed by atoms with van der Waals surface area (Å²) < 4.78 is 18.3. The van der Waals surface area contributed by atoms with E-state index >= 15 is 0 Å². The zero-order chi connectivity index (χ0) is 18.1. The van der Waals surface area contributed by atoms with Crippen LogP contribution < -0.4 is 0 Å². The quantitative estimate of drug-likeness (QED) is 0.354. The SMILES string of the molecule is CCOC(=O)CC(=O)OCC.CCOC(=O)CCC(=O)OCC. The highest BCUT2D eigenvalue weighted by atomic mass is 16.6. The van der Waals surface area contributed by atoms with E-state index < -0.39 is 11.9 Å². The lowest BCUT2D eigenvalue weighted by Gasteiger charge is -2.01. The smallest absolute Gasteiger partial charge is 0.317 e. The summed E-state index contributed by atoms with van der Waals surface area (Å²) in [6, 6.07) is 0. The van der Waals surface area contributed by atoms with Crippen molar-refractivity contribution >= 4 is 23.9 Å². The topological polar surface area (TPSA) is 105 Å². The fourth-order valence-electron chi connectivity index (χ4n) is 1.21. The number of hydrogen-bond acceptors (Lipinski definition) is 8. The molecule has 0 heterocycles. The van der Waals surface area contributed by atoms with Crippen LogP contribution in [-0.2, 0) is 38.1 Å². The van der Waals surface area contributed by atoms with Crippen LogP contribution in [0.15, 0.2) is 0 Å². The molecule has 0 spiro atoms. The summed E-state index contributed by atoms with van der Waals surface area (Å²) in [7, 11) is 0. The lowest BCUT2D eigenvalue weighted by atomic mass is 10.3. The van der Waals surface area contributed by atoms with Crippen molar-refractivity contribution in [3.8, 4) is 0 Å². The van der Waals surface area contributed by atoms with Gasteiger partial charge in [0, 0.05) is 0 Å². The molecule has 0 aliphatic rings. The normalized spacial score (nSPS) is 9.04. The van der Waals surface area contributed by atoms with Crippen molar-refractivity contribution in [1.82, 2.24) is 0 Å². The molecular formula is C15H26O8. The fourth-order valence-corrected chi connectivity index (χ4v) is 1.21. The van der Waals surface area contributed by atoms with Crippen molar-refractivity contribution in [2.45, 2.75) is 47.0 Å². The molecule has 0 saturated heterocycles. The molecular weight excluding hydrogens is 308 g/mol. The van der Waals surface area contributed by atoms with E-state index in [1.807, 2.05) is 0 Å². The Morgan fingerprint density at radius 1 is 0.522 bits per heavy atom. The van der Waals surface area contributed by atoms with Crippen molar-refractivity contribution in [2.24, 2.45) is 0 Å². The van der Waals surface area contributed by atoms with E-state index in [0.29, 0.717) is 13.2 Å². The first kappa shape index (κ1) is 23.2. The predicted molar refractivity (Wildman–Crippen MR) is 80.4 cm³/mol. The Bertz CT molecular complexity index is 330. The van der Waals surface area contributed by atoms with Gasteiger partial charge in [0.05, 0.1) is 39.3 Å². The van der Waals surface area contributed by atoms with Crippen LogP contribution in [0.5, 0.6) is 0 Å². The minimum atomic E-state index is -0.536. The average molecular weight is 334 g/mol. The average Bonchev–Trinajstić information content (AvgIpc) is 2.47. The van der Waals surface area contributed by atoms with Crippen molar-refractivity contribution < 1.29 is 38.1 Å². The molecule has 134 valence electrons. The van der Waals surface area contributed by atoms with Crippen LogP contribution in [0.4, 0.5) is 0 Å². The van der Waals surface area contributed by atoms with Crippen LogP contribution in [-0.4, -0.2) is 50.3 Å². The zero-order valence-electron chi connectivity index (χ0n) is 14.2. The second-order valence-corrected chi connectivity index (χ2v) is 3.90. The first-order valence-corrected chi connectivity index (χ1v) is 7.53. The summed E-state index contributed by atoms with van der Waals surface area (Å²) in [6.07, 6.45) is -0.0823. The lowest BCUT2D eigenvalue weighted by molar-refractivity contribution is -0.154. The van der Waals surface area contributed by atoms with Gasteiger partial charge in [0.15, 0.2) is 0 Å². The minimum absolute atomic E-state index is 0.104. The van der Waals surface area contributed by atoms with Gasteiger partial charge in [-0.3, -0.25) is 19.2 Å². The predicted octanol–water partition coefficient (Wildman–Crippen LogP) is 1.40. The Morgan fingerprint density at radius 3 is 1.04 bits per heavy atom. The molecule has 0 rings (SSSR count). The minimum Gasteiger partial charge on any atom is -0.466 e. The Balaban J connectivity index is 0. The molecule has 0 atom stereocenters. The first-order chi connectivity index (χ1) is 10.9. The van der Waals surface area contributed by atoms with Gasteiger partial charge in [-0.25, -0.2) is 0 Å². The molecule has 0 amide bonds. The van der Waals surface area contributed by atoms with E-state index in [0.717, 1.165) is 0 Å². The fraction of sp³-hybridized carbons (Fsp3) is 0.733. The summed E-state index contributed by atoms with van der Waals surface area (Å²) in [5.74, 6) is -1.78. The molecule has 0 N–H and O–H groups in total.